The van der Waals surface area contributed by atoms with Gasteiger partial charge >= 0.3 is 5.97 Å². The van der Waals surface area contributed by atoms with Crippen LogP contribution in [0.25, 0.3) is 0 Å². The second-order valence-corrected chi connectivity index (χ2v) is 21.9. The molecule has 1 amide bonds. The predicted octanol–water partition coefficient (Wildman–Crippen LogP) is 5.54. The Kier molecular flexibility index (Phi) is 10.3. The summed E-state index contributed by atoms with van der Waals surface area (Å²) < 4.78 is 45.1. The van der Waals surface area contributed by atoms with Crippen LogP contribution in [0.1, 0.15) is 119 Å². The Bertz CT molecular complexity index is 1540. The first kappa shape index (κ1) is 39.9. The maximum Gasteiger partial charge on any atom is 0.321 e. The quantitative estimate of drug-likeness (QED) is 0.247. The topological polar surface area (TPSA) is 143 Å². The molecule has 2 spiro atoms. The molecule has 0 radical (unpaired) electrons. The highest BCUT2D eigenvalue weighted by atomic mass is 32.2. The van der Waals surface area contributed by atoms with E-state index in [1.54, 1.807) is 7.11 Å². The van der Waals surface area contributed by atoms with Crippen molar-refractivity contribution in [1.29, 1.82) is 0 Å². The lowest BCUT2D eigenvalue weighted by atomic mass is 9.41. The van der Waals surface area contributed by atoms with E-state index in [0.717, 1.165) is 49.1 Å². The zero-order chi connectivity index (χ0) is 38.5. The summed E-state index contributed by atoms with van der Waals surface area (Å²) in [5.74, 6) is 0.994. The molecule has 1 saturated heterocycles. The number of nitrogens with zero attached hydrogens (tertiary/aromatic N) is 2. The van der Waals surface area contributed by atoms with Gasteiger partial charge in [0.05, 0.1) is 37.7 Å². The van der Waals surface area contributed by atoms with Crippen molar-refractivity contribution < 1.29 is 42.4 Å². The normalized spacial score (nSPS) is 43.5. The minimum atomic E-state index is -3.77. The molecule has 6 saturated carbocycles. The smallest absolute Gasteiger partial charge is 0.321 e. The highest BCUT2D eigenvalue weighted by Crippen LogP contribution is 2.89. The van der Waals surface area contributed by atoms with E-state index in [0.29, 0.717) is 50.3 Å². The summed E-state index contributed by atoms with van der Waals surface area (Å²) in [4.78, 5) is 26.7. The first-order valence-corrected chi connectivity index (χ1v) is 22.6. The van der Waals surface area contributed by atoms with Crippen molar-refractivity contribution in [2.75, 3.05) is 39.6 Å². The number of sulfonamides is 1. The fourth-order valence-electron chi connectivity index (χ4n) is 14.0. The number of methoxy groups -OCH3 is 1. The van der Waals surface area contributed by atoms with E-state index >= 15 is 0 Å². The van der Waals surface area contributed by atoms with Crippen LogP contribution in [0.15, 0.2) is 0 Å². The monoisotopic (exact) mass is 764 g/mol. The van der Waals surface area contributed by atoms with Crippen molar-refractivity contribution >= 4 is 21.9 Å². The number of hydrogen-bond donors (Lipinski definition) is 2. The summed E-state index contributed by atoms with van der Waals surface area (Å²) in [6.45, 7) is 15.0. The second-order valence-electron chi connectivity index (χ2n) is 19.9. The molecule has 7 fully saturated rings. The molecule has 1 heterocycles. The van der Waals surface area contributed by atoms with Crippen LogP contribution >= 0.6 is 0 Å². The van der Waals surface area contributed by atoms with Crippen molar-refractivity contribution in [3.8, 4) is 0 Å². The Morgan fingerprint density at radius 3 is 2.32 bits per heavy atom. The van der Waals surface area contributed by atoms with Gasteiger partial charge < -0.3 is 29.3 Å². The number of aliphatic hydroxyl groups excluding tert-OH is 1. The van der Waals surface area contributed by atoms with Gasteiger partial charge in [0, 0.05) is 32.0 Å². The number of rotatable bonds is 13. The molecule has 1 aliphatic heterocycles. The molecule has 0 aromatic heterocycles. The molecule has 302 valence electrons. The van der Waals surface area contributed by atoms with Crippen LogP contribution in [-0.4, -0.2) is 110 Å². The van der Waals surface area contributed by atoms with E-state index in [2.05, 4.69) is 34.6 Å². The zero-order valence-electron chi connectivity index (χ0n) is 33.6. The van der Waals surface area contributed by atoms with E-state index in [-0.39, 0.29) is 63.8 Å². The number of hydrogen-bond acceptors (Lipinski definition) is 8. The first-order valence-electron chi connectivity index (χ1n) is 20.7. The van der Waals surface area contributed by atoms with Crippen LogP contribution < -0.4 is 0 Å². The average Bonchev–Trinajstić information content (AvgIpc) is 4.01. The van der Waals surface area contributed by atoms with Gasteiger partial charge in [-0.1, -0.05) is 34.6 Å². The predicted molar refractivity (Wildman–Crippen MR) is 200 cm³/mol. The van der Waals surface area contributed by atoms with Gasteiger partial charge in [0.1, 0.15) is 6.04 Å². The number of carboxylic acids is 1. The van der Waals surface area contributed by atoms with Gasteiger partial charge in [0.15, 0.2) is 6.29 Å². The third kappa shape index (κ3) is 6.34. The summed E-state index contributed by atoms with van der Waals surface area (Å²) in [5.41, 5.74) is 0.150. The van der Waals surface area contributed by atoms with Crippen molar-refractivity contribution in [3.63, 3.8) is 0 Å². The number of carbonyl (C=O) groups is 2. The van der Waals surface area contributed by atoms with Crippen LogP contribution in [0, 0.1) is 56.7 Å². The number of aliphatic hydroxyl groups is 1. The molecule has 7 rings (SSSR count). The number of amides is 1. The van der Waals surface area contributed by atoms with Crippen LogP contribution in [0.2, 0.25) is 0 Å². The van der Waals surface area contributed by atoms with Gasteiger partial charge in [-0.25, -0.2) is 8.42 Å². The van der Waals surface area contributed by atoms with Gasteiger partial charge in [-0.15, -0.1) is 0 Å². The van der Waals surface area contributed by atoms with E-state index in [4.69, 9.17) is 14.2 Å². The summed E-state index contributed by atoms with van der Waals surface area (Å²) in [5, 5.41) is 21.8. The van der Waals surface area contributed by atoms with Gasteiger partial charge in [-0.05, 0) is 129 Å². The Labute approximate surface area is 318 Å². The molecule has 53 heavy (non-hydrogen) atoms. The van der Waals surface area contributed by atoms with Crippen LogP contribution in [0.3, 0.4) is 0 Å². The lowest BCUT2D eigenvalue weighted by molar-refractivity contribution is -0.248. The molecule has 11 nitrogen and oxygen atoms in total. The third-order valence-electron chi connectivity index (χ3n) is 17.3. The first-order chi connectivity index (χ1) is 24.7. The van der Waals surface area contributed by atoms with Crippen LogP contribution in [0.5, 0.6) is 0 Å². The van der Waals surface area contributed by atoms with Gasteiger partial charge in [0.2, 0.25) is 15.9 Å². The number of carbonyl (C=O) groups excluding carboxylic acids is 1. The summed E-state index contributed by atoms with van der Waals surface area (Å²) in [6.07, 6.45) is 12.0. The lowest BCUT2D eigenvalue weighted by Gasteiger charge is -2.64. The Hall–Kier alpha value is -1.31. The van der Waals surface area contributed by atoms with Gasteiger partial charge in [0.25, 0.3) is 0 Å². The van der Waals surface area contributed by atoms with Crippen LogP contribution in [0.4, 0.5) is 0 Å². The number of ether oxygens (including phenoxy) is 3. The van der Waals surface area contributed by atoms with Gasteiger partial charge in [-0.2, -0.15) is 4.31 Å². The third-order valence-corrected chi connectivity index (χ3v) is 18.6. The Morgan fingerprint density at radius 1 is 1.00 bits per heavy atom. The SMILES string of the molecule is COC(C[C@@H](C)[C@H]1C[C@H](O)[C@@]2(C)C3CC[C@H]4C(C)(C)C(O[C@H]5CN(C(=O)CC6CC6)CCO5)CCC45CC35CCC12C)CN([C@@H](C)C(=O)O)S(C)(=O)=O. The molecule has 2 N–H and O–H groups in total. The maximum atomic E-state index is 12.9. The largest absolute Gasteiger partial charge is 0.480 e. The van der Waals surface area contributed by atoms with Crippen molar-refractivity contribution in [3.05, 3.63) is 0 Å². The highest BCUT2D eigenvalue weighted by molar-refractivity contribution is 7.88. The Morgan fingerprint density at radius 2 is 1.68 bits per heavy atom. The number of carboxylic acid groups (broad SMARTS) is 1. The van der Waals surface area contributed by atoms with E-state index in [1.165, 1.54) is 32.6 Å². The maximum absolute atomic E-state index is 12.9. The zero-order valence-corrected chi connectivity index (χ0v) is 34.5. The minimum absolute atomic E-state index is 0.0177. The number of fused-ring (bicyclic) bond motifs is 2. The van der Waals surface area contributed by atoms with Crippen molar-refractivity contribution in [2.45, 2.75) is 149 Å². The van der Waals surface area contributed by atoms with E-state index in [9.17, 15) is 28.2 Å². The molecule has 13 atom stereocenters. The fraction of sp³-hybridized carbons (Fsp3) is 0.951. The van der Waals surface area contributed by atoms with Gasteiger partial charge in [-0.3, -0.25) is 9.59 Å². The van der Waals surface area contributed by atoms with E-state index in [1.807, 2.05) is 4.90 Å². The van der Waals surface area contributed by atoms with E-state index < -0.39 is 34.2 Å². The molecule has 0 aromatic carbocycles. The highest BCUT2D eigenvalue weighted by Gasteiger charge is 2.83. The average molecular weight is 765 g/mol. The number of aliphatic carboxylic acids is 1. The summed E-state index contributed by atoms with van der Waals surface area (Å²) in [6, 6.07) is -1.19. The molecule has 0 bridgehead atoms. The molecular weight excluding hydrogens is 697 g/mol. The van der Waals surface area contributed by atoms with Crippen molar-refractivity contribution in [2.24, 2.45) is 56.7 Å². The lowest BCUT2D eigenvalue weighted by Crippen LogP contribution is -2.60. The molecule has 12 heteroatoms. The Balaban J connectivity index is 1.04. The standard InChI is InChI=1S/C41H68N2O9S/c1-25(19-28(50-7)22-43(53(8,48)49)26(2)36(46)47)29-21-32(44)39(6)31-12-11-30-37(3,4)33(13-14-40(30)24-41(31,40)16-15-38(29,39)5)52-35-23-42(17-18-51-35)34(45)20-27-9-10-27/h25-33,35,44H,9-24H2,1-8H3,(H,46,47)/t25-,26+,28?,29-,30+,31?,32+,33?,35+,38?,39-,40?,41?/m1/s1. The molecule has 0 aromatic rings. The minimum Gasteiger partial charge on any atom is -0.480 e. The molecule has 6 unspecified atom stereocenters. The number of morpholine rings is 1. The van der Waals surface area contributed by atoms with Crippen molar-refractivity contribution in [1.82, 2.24) is 9.21 Å². The molecule has 6 aliphatic carbocycles. The fourth-order valence-corrected chi connectivity index (χ4v) is 15.1. The molecule has 7 aliphatic rings. The molecular formula is C41H68N2O9S. The van der Waals surface area contributed by atoms with Crippen LogP contribution in [-0.2, 0) is 33.8 Å². The second kappa shape index (κ2) is 13.7. The summed E-state index contributed by atoms with van der Waals surface area (Å²) in [7, 11) is -2.19. The summed E-state index contributed by atoms with van der Waals surface area (Å²) >= 11 is 0.